The highest BCUT2D eigenvalue weighted by Crippen LogP contribution is 2.21. The summed E-state index contributed by atoms with van der Waals surface area (Å²) in [6, 6.07) is 3.34. The Morgan fingerprint density at radius 1 is 1.32 bits per heavy atom. The molecule has 0 aliphatic heterocycles. The van der Waals surface area contributed by atoms with Crippen molar-refractivity contribution in [2.24, 2.45) is 0 Å². The average molecular weight is 315 g/mol. The van der Waals surface area contributed by atoms with Crippen molar-refractivity contribution in [2.75, 3.05) is 0 Å². The summed E-state index contributed by atoms with van der Waals surface area (Å²) in [5.41, 5.74) is 0.771. The summed E-state index contributed by atoms with van der Waals surface area (Å²) >= 11 is 1.56. The molecule has 0 saturated heterocycles. The fourth-order valence-corrected chi connectivity index (χ4v) is 2.93. The molecule has 0 aliphatic carbocycles. The lowest BCUT2D eigenvalue weighted by molar-refractivity contribution is -0.389. The van der Waals surface area contributed by atoms with Gasteiger partial charge in [0, 0.05) is 6.42 Å². The molecule has 0 N–H and O–H groups in total. The fourth-order valence-electron chi connectivity index (χ4n) is 2.20. The Labute approximate surface area is 127 Å². The van der Waals surface area contributed by atoms with Gasteiger partial charge in [-0.05, 0) is 16.4 Å². The highest BCUT2D eigenvalue weighted by Gasteiger charge is 2.13. The molecule has 4 rings (SSSR count). The van der Waals surface area contributed by atoms with Gasteiger partial charge in [0.2, 0.25) is 0 Å². The van der Waals surface area contributed by atoms with E-state index >= 15 is 0 Å². The number of thiophene rings is 1. The molecule has 4 aromatic heterocycles. The van der Waals surface area contributed by atoms with Crippen molar-refractivity contribution in [1.82, 2.24) is 29.4 Å². The van der Waals surface area contributed by atoms with E-state index in [9.17, 15) is 10.1 Å². The van der Waals surface area contributed by atoms with E-state index in [0.717, 1.165) is 15.9 Å². The van der Waals surface area contributed by atoms with Crippen molar-refractivity contribution in [1.29, 1.82) is 0 Å². The van der Waals surface area contributed by atoms with Crippen LogP contribution in [0.2, 0.25) is 0 Å². The molecule has 0 amide bonds. The van der Waals surface area contributed by atoms with E-state index < -0.39 is 4.92 Å². The molecular weight excluding hydrogens is 306 g/mol. The van der Waals surface area contributed by atoms with Crippen molar-refractivity contribution in [3.63, 3.8) is 0 Å². The maximum atomic E-state index is 10.6. The van der Waals surface area contributed by atoms with Gasteiger partial charge in [-0.25, -0.2) is 14.5 Å². The van der Waals surface area contributed by atoms with Gasteiger partial charge in [0.05, 0.1) is 29.3 Å². The van der Waals surface area contributed by atoms with Crippen molar-refractivity contribution in [2.45, 2.75) is 13.0 Å². The Balaban J connectivity index is 1.59. The van der Waals surface area contributed by atoms with Gasteiger partial charge in [-0.2, -0.15) is 4.68 Å². The summed E-state index contributed by atoms with van der Waals surface area (Å²) in [5.74, 6) is 0.491. The summed E-state index contributed by atoms with van der Waals surface area (Å²) in [4.78, 5) is 19.8. The van der Waals surface area contributed by atoms with E-state index in [1.807, 2.05) is 11.4 Å². The topological polar surface area (TPSA) is 104 Å². The van der Waals surface area contributed by atoms with Gasteiger partial charge in [-0.15, -0.1) is 16.4 Å². The van der Waals surface area contributed by atoms with Gasteiger partial charge >= 0.3 is 5.82 Å². The van der Waals surface area contributed by atoms with E-state index in [1.54, 1.807) is 28.4 Å². The molecule has 22 heavy (non-hydrogen) atoms. The van der Waals surface area contributed by atoms with E-state index in [4.69, 9.17) is 0 Å². The number of fused-ring (bicyclic) bond motifs is 3. The zero-order valence-electron chi connectivity index (χ0n) is 11.2. The SMILES string of the molecule is O=[N+]([O-])c1ccn(CCc2nc3c4ccsc4ncn3n2)n1. The second kappa shape index (κ2) is 4.84. The van der Waals surface area contributed by atoms with Crippen molar-refractivity contribution >= 4 is 33.0 Å². The maximum Gasteiger partial charge on any atom is 0.389 e. The Bertz CT molecular complexity index is 986. The molecule has 0 unspecified atom stereocenters. The van der Waals surface area contributed by atoms with Crippen LogP contribution in [0.3, 0.4) is 0 Å². The summed E-state index contributed by atoms with van der Waals surface area (Å²) in [7, 11) is 0. The number of nitrogens with zero attached hydrogens (tertiary/aromatic N) is 7. The molecular formula is C12H9N7O2S. The highest BCUT2D eigenvalue weighted by molar-refractivity contribution is 7.16. The lowest BCUT2D eigenvalue weighted by Crippen LogP contribution is -2.04. The van der Waals surface area contributed by atoms with Crippen LogP contribution in [0.25, 0.3) is 15.9 Å². The van der Waals surface area contributed by atoms with Gasteiger partial charge in [0.25, 0.3) is 0 Å². The molecule has 110 valence electrons. The van der Waals surface area contributed by atoms with Crippen LogP contribution in [0.5, 0.6) is 0 Å². The van der Waals surface area contributed by atoms with Gasteiger partial charge in [-0.1, -0.05) is 0 Å². The van der Waals surface area contributed by atoms with Crippen LogP contribution in [0.1, 0.15) is 5.82 Å². The number of hydrogen-bond acceptors (Lipinski definition) is 7. The standard InChI is InChI=1S/C12H9N7O2S/c20-19(21)10-2-5-17(16-10)4-1-9-14-11-8-3-6-22-12(8)13-7-18(11)15-9/h2-3,5-7H,1,4H2. The Morgan fingerprint density at radius 3 is 3.05 bits per heavy atom. The Kier molecular flexibility index (Phi) is 2.82. The second-order valence-corrected chi connectivity index (χ2v) is 5.52. The first-order valence-corrected chi connectivity index (χ1v) is 7.34. The molecule has 4 heterocycles. The number of aromatic nitrogens is 6. The zero-order chi connectivity index (χ0) is 15.1. The largest absolute Gasteiger partial charge is 0.389 e. The molecule has 10 heteroatoms. The summed E-state index contributed by atoms with van der Waals surface area (Å²) in [6.07, 6.45) is 3.75. The first-order chi connectivity index (χ1) is 10.7. The molecule has 0 fully saturated rings. The maximum absolute atomic E-state index is 10.6. The predicted molar refractivity (Wildman–Crippen MR) is 78.8 cm³/mol. The minimum Gasteiger partial charge on any atom is -0.358 e. The van der Waals surface area contributed by atoms with Crippen molar-refractivity contribution in [3.8, 4) is 0 Å². The number of aryl methyl sites for hydroxylation is 2. The number of hydrogen-bond donors (Lipinski definition) is 0. The van der Waals surface area contributed by atoms with Crippen LogP contribution in [0, 0.1) is 10.1 Å². The third kappa shape index (κ3) is 2.09. The van der Waals surface area contributed by atoms with Crippen LogP contribution in [-0.4, -0.2) is 34.3 Å². The van der Waals surface area contributed by atoms with Crippen LogP contribution in [0.15, 0.2) is 30.0 Å². The third-order valence-electron chi connectivity index (χ3n) is 3.22. The molecule has 0 bridgehead atoms. The van der Waals surface area contributed by atoms with Crippen LogP contribution < -0.4 is 0 Å². The number of rotatable bonds is 4. The van der Waals surface area contributed by atoms with E-state index in [-0.39, 0.29) is 5.82 Å². The molecule has 0 aliphatic rings. The highest BCUT2D eigenvalue weighted by atomic mass is 32.1. The molecule has 9 nitrogen and oxygen atoms in total. The first kappa shape index (κ1) is 12.8. The van der Waals surface area contributed by atoms with E-state index in [1.165, 1.54) is 10.7 Å². The minimum atomic E-state index is -0.515. The average Bonchev–Trinajstić information content (AvgIpc) is 3.22. The van der Waals surface area contributed by atoms with E-state index in [0.29, 0.717) is 18.8 Å². The quantitative estimate of drug-likeness (QED) is 0.419. The molecule has 0 saturated carbocycles. The van der Waals surface area contributed by atoms with E-state index in [2.05, 4.69) is 20.2 Å². The monoisotopic (exact) mass is 315 g/mol. The Hall–Kier alpha value is -2.88. The third-order valence-corrected chi connectivity index (χ3v) is 4.04. The lowest BCUT2D eigenvalue weighted by atomic mass is 10.4. The van der Waals surface area contributed by atoms with Crippen molar-refractivity contribution < 1.29 is 4.92 Å². The second-order valence-electron chi connectivity index (χ2n) is 4.62. The Morgan fingerprint density at radius 2 is 2.23 bits per heavy atom. The molecule has 0 spiro atoms. The van der Waals surface area contributed by atoms with Crippen LogP contribution in [0.4, 0.5) is 5.82 Å². The number of nitro groups is 1. The smallest absolute Gasteiger partial charge is 0.358 e. The van der Waals surface area contributed by atoms with Crippen LogP contribution in [-0.2, 0) is 13.0 Å². The summed E-state index contributed by atoms with van der Waals surface area (Å²) in [5, 5.41) is 21.8. The normalized spacial score (nSPS) is 11.5. The summed E-state index contributed by atoms with van der Waals surface area (Å²) < 4.78 is 3.16. The lowest BCUT2D eigenvalue weighted by Gasteiger charge is -1.92. The first-order valence-electron chi connectivity index (χ1n) is 6.46. The van der Waals surface area contributed by atoms with Gasteiger partial charge in [0.1, 0.15) is 11.2 Å². The summed E-state index contributed by atoms with van der Waals surface area (Å²) in [6.45, 7) is 0.477. The van der Waals surface area contributed by atoms with Gasteiger partial charge in [0.15, 0.2) is 11.5 Å². The zero-order valence-corrected chi connectivity index (χ0v) is 12.0. The minimum absolute atomic E-state index is 0.160. The molecule has 0 atom stereocenters. The van der Waals surface area contributed by atoms with Gasteiger partial charge < -0.3 is 10.1 Å². The van der Waals surface area contributed by atoms with Gasteiger partial charge in [-0.3, -0.25) is 0 Å². The molecule has 0 radical (unpaired) electrons. The molecule has 0 aromatic carbocycles. The molecule has 4 aromatic rings. The fraction of sp³-hybridized carbons (Fsp3) is 0.167. The van der Waals surface area contributed by atoms with Crippen LogP contribution >= 0.6 is 11.3 Å². The predicted octanol–water partition coefficient (Wildman–Crippen LogP) is 1.69. The van der Waals surface area contributed by atoms with Crippen molar-refractivity contribution in [3.05, 3.63) is 46.0 Å².